The monoisotopic (exact) mass is 394 g/mol. The number of amides is 1. The third-order valence-electron chi connectivity index (χ3n) is 10.0. The van der Waals surface area contributed by atoms with Gasteiger partial charge in [0.25, 0.3) is 5.91 Å². The Hall–Kier alpha value is -1.45. The highest BCUT2D eigenvalue weighted by Gasteiger charge is 2.66. The van der Waals surface area contributed by atoms with E-state index in [-0.39, 0.29) is 11.3 Å². The first-order valence-electron chi connectivity index (χ1n) is 11.6. The second-order valence-corrected chi connectivity index (χ2v) is 11.6. The van der Waals surface area contributed by atoms with Gasteiger partial charge in [-0.3, -0.25) is 4.79 Å². The molecule has 0 heterocycles. The van der Waals surface area contributed by atoms with E-state index in [1.807, 2.05) is 0 Å². The molecule has 1 spiro atoms. The van der Waals surface area contributed by atoms with Crippen LogP contribution in [0.4, 0.5) is 0 Å². The SMILES string of the molecule is C#CCNC1C[C@]23CCC4[C@](C)(CNC(=O)C#C)CCC[C@@]4(C)C2CC[C@@]1(C)C3. The molecule has 3 nitrogen and oxygen atoms in total. The molecule has 2 N–H and O–H groups in total. The predicted octanol–water partition coefficient (Wildman–Crippen LogP) is 4.13. The number of nitrogens with one attached hydrogen (secondary N) is 2. The van der Waals surface area contributed by atoms with Crippen molar-refractivity contribution < 1.29 is 4.79 Å². The lowest BCUT2D eigenvalue weighted by Gasteiger charge is -2.65. The molecule has 4 fully saturated rings. The number of rotatable bonds is 4. The van der Waals surface area contributed by atoms with Gasteiger partial charge in [-0.15, -0.1) is 12.8 Å². The molecule has 29 heavy (non-hydrogen) atoms. The minimum atomic E-state index is -0.266. The van der Waals surface area contributed by atoms with E-state index in [9.17, 15) is 4.79 Å². The molecule has 0 aromatic heterocycles. The molecule has 4 aliphatic rings. The minimum Gasteiger partial charge on any atom is -0.345 e. The van der Waals surface area contributed by atoms with E-state index in [0.29, 0.717) is 34.7 Å². The first-order chi connectivity index (χ1) is 13.7. The quantitative estimate of drug-likeness (QED) is 0.704. The number of hydrogen-bond donors (Lipinski definition) is 2. The fourth-order valence-corrected chi connectivity index (χ4v) is 8.95. The van der Waals surface area contributed by atoms with Crippen LogP contribution in [-0.2, 0) is 4.79 Å². The number of fused-ring (bicyclic) bond motifs is 3. The van der Waals surface area contributed by atoms with E-state index in [1.165, 1.54) is 57.8 Å². The summed E-state index contributed by atoms with van der Waals surface area (Å²) in [4.78, 5) is 11.8. The summed E-state index contributed by atoms with van der Waals surface area (Å²) in [5.41, 5.74) is 1.40. The third kappa shape index (κ3) is 3.13. The summed E-state index contributed by atoms with van der Waals surface area (Å²) in [6.07, 6.45) is 22.6. The maximum absolute atomic E-state index is 11.8. The molecule has 7 atom stereocenters. The Balaban J connectivity index is 1.59. The summed E-state index contributed by atoms with van der Waals surface area (Å²) in [6, 6.07) is 0.564. The summed E-state index contributed by atoms with van der Waals surface area (Å²) in [6.45, 7) is 8.91. The van der Waals surface area contributed by atoms with Crippen LogP contribution in [0.15, 0.2) is 0 Å². The van der Waals surface area contributed by atoms with Crippen LogP contribution in [0.25, 0.3) is 0 Å². The Kier molecular flexibility index (Phi) is 5.07. The summed E-state index contributed by atoms with van der Waals surface area (Å²) in [7, 11) is 0. The van der Waals surface area contributed by atoms with Gasteiger partial charge in [-0.2, -0.15) is 0 Å². The Morgan fingerprint density at radius 3 is 2.55 bits per heavy atom. The number of carbonyl (C=O) groups excluding carboxylic acids is 1. The molecule has 0 aromatic carbocycles. The van der Waals surface area contributed by atoms with Gasteiger partial charge in [-0.05, 0) is 90.8 Å². The molecule has 0 aliphatic heterocycles. The van der Waals surface area contributed by atoms with Crippen LogP contribution in [0.3, 0.4) is 0 Å². The first-order valence-corrected chi connectivity index (χ1v) is 11.6. The fraction of sp³-hybridized carbons (Fsp3) is 0.808. The van der Waals surface area contributed by atoms with Gasteiger partial charge in [0.15, 0.2) is 0 Å². The Morgan fingerprint density at radius 1 is 1.07 bits per heavy atom. The average molecular weight is 395 g/mol. The highest BCUT2D eigenvalue weighted by Crippen LogP contribution is 2.73. The third-order valence-corrected chi connectivity index (χ3v) is 10.0. The summed E-state index contributed by atoms with van der Waals surface area (Å²) in [5, 5.41) is 6.74. The smallest absolute Gasteiger partial charge is 0.295 e. The lowest BCUT2D eigenvalue weighted by atomic mass is 9.40. The van der Waals surface area contributed by atoms with Crippen LogP contribution in [-0.4, -0.2) is 25.0 Å². The van der Waals surface area contributed by atoms with E-state index in [4.69, 9.17) is 12.8 Å². The van der Waals surface area contributed by atoms with Crippen molar-refractivity contribution in [1.29, 1.82) is 0 Å². The van der Waals surface area contributed by atoms with Gasteiger partial charge in [0.2, 0.25) is 0 Å². The van der Waals surface area contributed by atoms with Crippen molar-refractivity contribution in [2.24, 2.45) is 33.5 Å². The molecular weight excluding hydrogens is 356 g/mol. The standard InChI is InChI=1S/C26H38N2O/c1-6-15-27-21-16-26-14-10-19-24(4,18-28-22(29)7-2)11-8-12-25(19,5)20(26)9-13-23(21,3)17-26/h1-2,19-21,27H,8-18H2,3-5H3,(H,28,29)/t19?,20?,21?,23-,24-,25+,26-/m0/s1. The molecule has 1 amide bonds. The van der Waals surface area contributed by atoms with Gasteiger partial charge in [-0.1, -0.05) is 33.1 Å². The second-order valence-electron chi connectivity index (χ2n) is 11.6. The Labute approximate surface area is 177 Å². The molecule has 4 rings (SSSR count). The maximum Gasteiger partial charge on any atom is 0.295 e. The Bertz CT molecular complexity index is 762. The summed E-state index contributed by atoms with van der Waals surface area (Å²) >= 11 is 0. The van der Waals surface area contributed by atoms with Crippen LogP contribution < -0.4 is 10.6 Å². The number of hydrogen-bond acceptors (Lipinski definition) is 2. The van der Waals surface area contributed by atoms with Gasteiger partial charge < -0.3 is 10.6 Å². The van der Waals surface area contributed by atoms with Crippen molar-refractivity contribution in [1.82, 2.24) is 10.6 Å². The number of carbonyl (C=O) groups is 1. The average Bonchev–Trinajstić information content (AvgIpc) is 2.89. The van der Waals surface area contributed by atoms with Crippen LogP contribution in [0, 0.1) is 58.2 Å². The largest absolute Gasteiger partial charge is 0.345 e. The van der Waals surface area contributed by atoms with Gasteiger partial charge in [0, 0.05) is 12.6 Å². The Morgan fingerprint density at radius 2 is 1.83 bits per heavy atom. The summed E-state index contributed by atoms with van der Waals surface area (Å²) in [5.74, 6) is 6.21. The zero-order valence-electron chi connectivity index (χ0n) is 18.6. The first kappa shape index (κ1) is 20.8. The van der Waals surface area contributed by atoms with Crippen LogP contribution in [0.5, 0.6) is 0 Å². The fourth-order valence-electron chi connectivity index (χ4n) is 8.95. The van der Waals surface area contributed by atoms with Crippen molar-refractivity contribution >= 4 is 5.91 Å². The highest BCUT2D eigenvalue weighted by atomic mass is 16.1. The van der Waals surface area contributed by atoms with E-state index in [0.717, 1.165) is 12.5 Å². The maximum atomic E-state index is 11.8. The van der Waals surface area contributed by atoms with E-state index >= 15 is 0 Å². The van der Waals surface area contributed by atoms with E-state index < -0.39 is 0 Å². The van der Waals surface area contributed by atoms with Crippen molar-refractivity contribution in [3.63, 3.8) is 0 Å². The molecule has 2 bridgehead atoms. The van der Waals surface area contributed by atoms with Crippen molar-refractivity contribution in [2.45, 2.75) is 84.6 Å². The summed E-state index contributed by atoms with van der Waals surface area (Å²) < 4.78 is 0. The topological polar surface area (TPSA) is 41.1 Å². The van der Waals surface area contributed by atoms with Crippen molar-refractivity contribution in [3.05, 3.63) is 0 Å². The van der Waals surface area contributed by atoms with Crippen molar-refractivity contribution in [2.75, 3.05) is 13.1 Å². The molecule has 158 valence electrons. The predicted molar refractivity (Wildman–Crippen MR) is 118 cm³/mol. The molecule has 0 saturated heterocycles. The van der Waals surface area contributed by atoms with Gasteiger partial charge >= 0.3 is 0 Å². The zero-order valence-corrected chi connectivity index (χ0v) is 18.6. The zero-order chi connectivity index (χ0) is 20.9. The second kappa shape index (κ2) is 7.06. The minimum absolute atomic E-state index is 0.154. The molecule has 4 saturated carbocycles. The number of terminal acetylenes is 2. The van der Waals surface area contributed by atoms with E-state index in [1.54, 1.807) is 0 Å². The van der Waals surface area contributed by atoms with Crippen molar-refractivity contribution in [3.8, 4) is 24.7 Å². The molecule has 3 heteroatoms. The van der Waals surface area contributed by atoms with Crippen LogP contribution in [0.1, 0.15) is 78.6 Å². The van der Waals surface area contributed by atoms with Gasteiger partial charge in [-0.25, -0.2) is 0 Å². The lowest BCUT2D eigenvalue weighted by Crippen LogP contribution is -2.58. The van der Waals surface area contributed by atoms with Crippen LogP contribution in [0.2, 0.25) is 0 Å². The van der Waals surface area contributed by atoms with Gasteiger partial charge in [0.1, 0.15) is 0 Å². The molecule has 0 aromatic rings. The molecule has 4 aliphatic carbocycles. The lowest BCUT2D eigenvalue weighted by molar-refractivity contribution is -0.154. The highest BCUT2D eigenvalue weighted by molar-refractivity contribution is 5.92. The molecule has 3 unspecified atom stereocenters. The van der Waals surface area contributed by atoms with Gasteiger partial charge in [0.05, 0.1) is 6.54 Å². The molecular formula is C26H38N2O. The molecule has 0 radical (unpaired) electrons. The van der Waals surface area contributed by atoms with Crippen LogP contribution >= 0.6 is 0 Å². The normalized spacial score (nSPS) is 48.0. The van der Waals surface area contributed by atoms with E-state index in [2.05, 4.69) is 43.2 Å².